The normalized spacial score (nSPS) is 12.1. The molecule has 0 saturated heterocycles. The topological polar surface area (TPSA) is 304 Å². The van der Waals surface area contributed by atoms with Crippen LogP contribution in [0.3, 0.4) is 0 Å². The van der Waals surface area contributed by atoms with E-state index in [0.717, 1.165) is 33.4 Å². The molecule has 3 aromatic heterocycles. The van der Waals surface area contributed by atoms with Gasteiger partial charge in [-0.1, -0.05) is 36.4 Å². The maximum atomic E-state index is 13.4. The lowest BCUT2D eigenvalue weighted by molar-refractivity contribution is -0.128. The van der Waals surface area contributed by atoms with Crippen LogP contribution >= 0.6 is 34.0 Å². The van der Waals surface area contributed by atoms with Crippen LogP contribution in [-0.4, -0.2) is 71.3 Å². The minimum absolute atomic E-state index is 0.0114. The first-order valence-corrected chi connectivity index (χ1v) is 24.4. The van der Waals surface area contributed by atoms with Crippen LogP contribution in [0.15, 0.2) is 123 Å². The molecule has 0 radical (unpaired) electrons. The van der Waals surface area contributed by atoms with Crippen molar-refractivity contribution in [3.63, 3.8) is 0 Å². The zero-order chi connectivity index (χ0) is 50.2. The van der Waals surface area contributed by atoms with Crippen LogP contribution in [0.5, 0.6) is 0 Å². The summed E-state index contributed by atoms with van der Waals surface area (Å²) in [5, 5.41) is 26.9. The minimum Gasteiger partial charge on any atom is -0.370 e. The summed E-state index contributed by atoms with van der Waals surface area (Å²) < 4.78 is 0. The SMILES string of the molecule is NC(=O)C[C@H](NC(=O)Cc1ccsc1)C(=O)Nc1ccc(C(c2ccc(NC(=O)[C@H](CC(N)=O)NC(=O)Cc3ccsc3)cc2)c2ccc(NC(=O)[C@H](CC(N)=O)NC(=O)Cc3ccsc3)cc2)cc1. The van der Waals surface area contributed by atoms with Crippen LogP contribution in [0.25, 0.3) is 0 Å². The molecule has 21 heteroatoms. The van der Waals surface area contributed by atoms with Gasteiger partial charge in [-0.15, -0.1) is 0 Å². The highest BCUT2D eigenvalue weighted by Gasteiger charge is 2.27. The Morgan fingerprint density at radius 3 is 0.857 bits per heavy atom. The Balaban J connectivity index is 1.22. The van der Waals surface area contributed by atoms with E-state index in [1.807, 2.05) is 16.1 Å². The van der Waals surface area contributed by atoms with Gasteiger partial charge in [-0.3, -0.25) is 43.2 Å². The molecule has 0 aliphatic rings. The van der Waals surface area contributed by atoms with Gasteiger partial charge in [-0.05, 0) is 120 Å². The number of nitrogens with one attached hydrogen (secondary N) is 6. The second-order valence-electron chi connectivity index (χ2n) is 16.1. The number of anilines is 3. The Morgan fingerprint density at radius 2 is 0.643 bits per heavy atom. The van der Waals surface area contributed by atoms with E-state index in [1.54, 1.807) is 107 Å². The van der Waals surface area contributed by atoms with E-state index in [9.17, 15) is 43.2 Å². The van der Waals surface area contributed by atoms with Crippen LogP contribution in [-0.2, 0) is 62.4 Å². The maximum Gasteiger partial charge on any atom is 0.247 e. The number of amides is 9. The van der Waals surface area contributed by atoms with Crippen molar-refractivity contribution in [3.8, 4) is 0 Å². The monoisotopic (exact) mass is 1000 g/mol. The first kappa shape index (κ1) is 51.4. The summed E-state index contributed by atoms with van der Waals surface area (Å²) in [6.07, 6.45) is -1.26. The Labute approximate surface area is 413 Å². The van der Waals surface area contributed by atoms with Crippen molar-refractivity contribution >= 4 is 104 Å². The first-order chi connectivity index (χ1) is 33.6. The molecule has 6 aromatic rings. The average molecular weight is 1000 g/mol. The van der Waals surface area contributed by atoms with Crippen molar-refractivity contribution in [1.29, 1.82) is 0 Å². The highest BCUT2D eigenvalue weighted by molar-refractivity contribution is 7.08. The quantitative estimate of drug-likeness (QED) is 0.0399. The Hall–Kier alpha value is -8.01. The summed E-state index contributed by atoms with van der Waals surface area (Å²) in [6.45, 7) is 0. The Morgan fingerprint density at radius 1 is 0.386 bits per heavy atom. The molecule has 12 N–H and O–H groups in total. The van der Waals surface area contributed by atoms with E-state index < -0.39 is 96.5 Å². The number of thiophene rings is 3. The standard InChI is InChI=1S/C49H49N9O9S3/c50-40(59)22-37(56-43(62)19-28-13-16-68-25-28)47(65)53-34-7-1-31(2-8-34)46(32-3-9-35(10-4-32)54-48(66)38(23-41(51)60)57-44(63)20-29-14-17-69-26-29)33-5-11-36(12-6-33)55-49(67)39(24-42(52)61)58-45(64)21-30-15-18-70-27-30/h1-18,25-27,37-39,46H,19-24H2,(H2,50,59)(H2,51,60)(H2,52,61)(H,53,65)(H,54,66)(H,55,67)(H,56,62)(H,57,63)(H,58,64)/t37-,38-,39-/m0/s1. The van der Waals surface area contributed by atoms with Crippen molar-refractivity contribution in [1.82, 2.24) is 16.0 Å². The first-order valence-electron chi connectivity index (χ1n) is 21.6. The van der Waals surface area contributed by atoms with Gasteiger partial charge in [0.25, 0.3) is 0 Å². The summed E-state index contributed by atoms with van der Waals surface area (Å²) in [7, 11) is 0. The third kappa shape index (κ3) is 15.8. The molecule has 0 aliphatic heterocycles. The Bertz CT molecular complexity index is 2480. The number of rotatable bonds is 24. The number of carbonyl (C=O) groups excluding carboxylic acids is 9. The summed E-state index contributed by atoms with van der Waals surface area (Å²) in [6, 6.07) is 22.1. The van der Waals surface area contributed by atoms with Crippen LogP contribution in [0.1, 0.15) is 58.6 Å². The van der Waals surface area contributed by atoms with E-state index >= 15 is 0 Å². The van der Waals surface area contributed by atoms with Crippen LogP contribution < -0.4 is 49.1 Å². The fourth-order valence-corrected chi connectivity index (χ4v) is 9.25. The van der Waals surface area contributed by atoms with Gasteiger partial charge in [0.2, 0.25) is 53.2 Å². The van der Waals surface area contributed by atoms with Gasteiger partial charge in [-0.25, -0.2) is 0 Å². The molecule has 0 spiro atoms. The van der Waals surface area contributed by atoms with Crippen molar-refractivity contribution in [2.24, 2.45) is 17.2 Å². The number of hydrogen-bond acceptors (Lipinski definition) is 12. The Kier molecular flexibility index (Phi) is 18.2. The molecule has 70 heavy (non-hydrogen) atoms. The number of hydrogen-bond donors (Lipinski definition) is 9. The lowest BCUT2D eigenvalue weighted by atomic mass is 9.85. The van der Waals surface area contributed by atoms with Gasteiger partial charge in [-0.2, -0.15) is 34.0 Å². The van der Waals surface area contributed by atoms with Gasteiger partial charge >= 0.3 is 0 Å². The lowest BCUT2D eigenvalue weighted by Gasteiger charge is -2.22. The van der Waals surface area contributed by atoms with Crippen molar-refractivity contribution < 1.29 is 43.2 Å². The summed E-state index contributed by atoms with van der Waals surface area (Å²) in [4.78, 5) is 114. The van der Waals surface area contributed by atoms with E-state index in [-0.39, 0.29) is 19.3 Å². The molecule has 3 aromatic carbocycles. The smallest absolute Gasteiger partial charge is 0.247 e. The van der Waals surface area contributed by atoms with Gasteiger partial charge in [0.15, 0.2) is 0 Å². The molecule has 0 fully saturated rings. The molecule has 6 rings (SSSR count). The van der Waals surface area contributed by atoms with Crippen molar-refractivity contribution in [3.05, 3.63) is 157 Å². The van der Waals surface area contributed by atoms with Gasteiger partial charge in [0.05, 0.1) is 38.5 Å². The van der Waals surface area contributed by atoms with Gasteiger partial charge in [0.1, 0.15) is 18.1 Å². The summed E-state index contributed by atoms with van der Waals surface area (Å²) in [5.74, 6) is -6.20. The molecular formula is C49H49N9O9S3. The molecule has 362 valence electrons. The molecule has 0 aliphatic carbocycles. The zero-order valence-electron chi connectivity index (χ0n) is 37.3. The predicted molar refractivity (Wildman–Crippen MR) is 267 cm³/mol. The van der Waals surface area contributed by atoms with Gasteiger partial charge in [0, 0.05) is 23.0 Å². The second kappa shape index (κ2) is 24.8. The zero-order valence-corrected chi connectivity index (χ0v) is 39.8. The molecule has 9 amide bonds. The van der Waals surface area contributed by atoms with Crippen molar-refractivity contribution in [2.45, 2.75) is 62.6 Å². The molecule has 0 unspecified atom stereocenters. The van der Waals surface area contributed by atoms with E-state index in [2.05, 4.69) is 31.9 Å². The fourth-order valence-electron chi connectivity index (χ4n) is 7.25. The van der Waals surface area contributed by atoms with E-state index in [1.165, 1.54) is 34.0 Å². The molecule has 3 atom stereocenters. The van der Waals surface area contributed by atoms with Crippen LogP contribution in [0.4, 0.5) is 17.1 Å². The highest BCUT2D eigenvalue weighted by Crippen LogP contribution is 2.34. The average Bonchev–Trinajstić information content (AvgIpc) is 4.13. The number of carbonyl (C=O) groups is 9. The van der Waals surface area contributed by atoms with Gasteiger partial charge < -0.3 is 49.1 Å². The molecule has 0 saturated carbocycles. The third-order valence-corrected chi connectivity index (χ3v) is 12.7. The second-order valence-corrected chi connectivity index (χ2v) is 18.4. The molecule has 3 heterocycles. The summed E-state index contributed by atoms with van der Waals surface area (Å²) >= 11 is 4.26. The highest BCUT2D eigenvalue weighted by atomic mass is 32.1. The largest absolute Gasteiger partial charge is 0.370 e. The van der Waals surface area contributed by atoms with E-state index in [4.69, 9.17) is 17.2 Å². The fraction of sp³-hybridized carbons (Fsp3) is 0.204. The predicted octanol–water partition coefficient (Wildman–Crippen LogP) is 3.68. The van der Waals surface area contributed by atoms with Crippen molar-refractivity contribution in [2.75, 3.05) is 16.0 Å². The number of primary amides is 3. The third-order valence-electron chi connectivity index (χ3n) is 10.5. The number of benzene rings is 3. The van der Waals surface area contributed by atoms with Crippen LogP contribution in [0.2, 0.25) is 0 Å². The molecular weight excluding hydrogens is 955 g/mol. The summed E-state index contributed by atoms with van der Waals surface area (Å²) in [5.41, 5.74) is 21.8. The van der Waals surface area contributed by atoms with Crippen LogP contribution in [0, 0.1) is 0 Å². The molecule has 18 nitrogen and oxygen atoms in total. The lowest BCUT2D eigenvalue weighted by Crippen LogP contribution is -2.46. The maximum absolute atomic E-state index is 13.4. The van der Waals surface area contributed by atoms with E-state index in [0.29, 0.717) is 17.1 Å². The molecule has 0 bridgehead atoms. The minimum atomic E-state index is -1.24. The number of nitrogens with two attached hydrogens (primary N) is 3.